The number of esters is 1. The number of fused-ring (bicyclic) bond motifs is 1. The number of ether oxygens (including phenoxy) is 4. The molecule has 1 aromatic heterocycles. The normalized spacial score (nSPS) is 14.0. The van der Waals surface area contributed by atoms with Gasteiger partial charge in [-0.1, -0.05) is 0 Å². The number of hydrogen-bond donors (Lipinski definition) is 2. The molecule has 11 nitrogen and oxygen atoms in total. The Hall–Kier alpha value is -3.36. The van der Waals surface area contributed by atoms with E-state index >= 15 is 0 Å². The summed E-state index contributed by atoms with van der Waals surface area (Å²) in [6, 6.07) is 9.20. The second kappa shape index (κ2) is 15.2. The molecule has 3 aromatic rings. The van der Waals surface area contributed by atoms with Crippen LogP contribution in [0.3, 0.4) is 0 Å². The van der Waals surface area contributed by atoms with Gasteiger partial charge < -0.3 is 28.7 Å². The van der Waals surface area contributed by atoms with E-state index in [4.69, 9.17) is 23.4 Å². The van der Waals surface area contributed by atoms with Crippen molar-refractivity contribution in [3.8, 4) is 11.3 Å². The molecule has 0 bridgehead atoms. The Morgan fingerprint density at radius 3 is 2.21 bits per heavy atom. The Morgan fingerprint density at radius 1 is 0.957 bits per heavy atom. The third-order valence-electron chi connectivity index (χ3n) is 7.39. The predicted octanol–water partition coefficient (Wildman–Crippen LogP) is 5.07. The summed E-state index contributed by atoms with van der Waals surface area (Å²) in [5.41, 5.74) is 0.986. The Kier molecular flexibility index (Phi) is 11.8. The number of sulfonamides is 1. The van der Waals surface area contributed by atoms with Gasteiger partial charge >= 0.3 is 5.97 Å². The molecule has 0 unspecified atom stereocenters. The molecule has 2 N–H and O–H groups in total. The largest absolute Gasteiger partial charge is 0.458 e. The number of nitrogens with one attached hydrogen (secondary N) is 2. The molecule has 47 heavy (non-hydrogen) atoms. The van der Waals surface area contributed by atoms with Crippen LogP contribution in [-0.4, -0.2) is 78.1 Å². The van der Waals surface area contributed by atoms with E-state index in [1.807, 2.05) is 6.07 Å². The van der Waals surface area contributed by atoms with Crippen molar-refractivity contribution in [1.29, 1.82) is 0 Å². The van der Waals surface area contributed by atoms with Crippen LogP contribution < -0.4 is 10.0 Å². The fraction of sp³-hybridized carbons (Fsp3) is 0.529. The molecule has 4 rings (SSSR count). The zero-order valence-corrected chi connectivity index (χ0v) is 28.7. The van der Waals surface area contributed by atoms with Crippen LogP contribution in [0.5, 0.6) is 0 Å². The van der Waals surface area contributed by atoms with E-state index in [2.05, 4.69) is 10.0 Å². The van der Waals surface area contributed by atoms with Crippen molar-refractivity contribution < 1.29 is 45.8 Å². The van der Waals surface area contributed by atoms with Crippen molar-refractivity contribution in [2.45, 2.75) is 70.3 Å². The number of benzene rings is 2. The molecule has 1 heterocycles. The summed E-state index contributed by atoms with van der Waals surface area (Å²) in [6.07, 6.45) is 1.85. The third kappa shape index (κ3) is 10.3. The predicted molar refractivity (Wildman–Crippen MR) is 175 cm³/mol. The highest BCUT2D eigenvalue weighted by Crippen LogP contribution is 2.45. The van der Waals surface area contributed by atoms with Crippen LogP contribution in [0.15, 0.2) is 40.8 Å². The fourth-order valence-corrected chi connectivity index (χ4v) is 6.07. The summed E-state index contributed by atoms with van der Waals surface area (Å²) in [5, 5.41) is 3.22. The maximum absolute atomic E-state index is 13.6. The third-order valence-corrected chi connectivity index (χ3v) is 8.73. The minimum absolute atomic E-state index is 0.0762. The van der Waals surface area contributed by atoms with Gasteiger partial charge in [-0.2, -0.15) is 0 Å². The van der Waals surface area contributed by atoms with Crippen molar-refractivity contribution in [3.63, 3.8) is 0 Å². The maximum atomic E-state index is 13.6. The van der Waals surface area contributed by atoms with E-state index in [-0.39, 0.29) is 62.9 Å². The molecular formula is C34H45FN2O9S. The molecule has 0 aliphatic heterocycles. The molecule has 0 spiro atoms. The van der Waals surface area contributed by atoms with Gasteiger partial charge in [0.15, 0.2) is 5.60 Å². The molecule has 0 radical (unpaired) electrons. The average molecular weight is 677 g/mol. The van der Waals surface area contributed by atoms with Crippen LogP contribution in [0.25, 0.3) is 22.3 Å². The van der Waals surface area contributed by atoms with E-state index in [1.54, 1.807) is 40.7 Å². The fourth-order valence-electron chi connectivity index (χ4n) is 4.92. The van der Waals surface area contributed by atoms with Crippen LogP contribution in [0.4, 0.5) is 4.39 Å². The molecule has 1 amide bonds. The summed E-state index contributed by atoms with van der Waals surface area (Å²) >= 11 is 0. The van der Waals surface area contributed by atoms with E-state index in [0.717, 1.165) is 18.4 Å². The first-order valence-corrected chi connectivity index (χ1v) is 17.3. The Balaban J connectivity index is 1.28. The van der Waals surface area contributed by atoms with Crippen molar-refractivity contribution in [1.82, 2.24) is 10.0 Å². The lowest BCUT2D eigenvalue weighted by Gasteiger charge is -2.28. The summed E-state index contributed by atoms with van der Waals surface area (Å²) in [4.78, 5) is 25.2. The Labute approximate surface area is 275 Å². The van der Waals surface area contributed by atoms with Gasteiger partial charge in [0.25, 0.3) is 5.91 Å². The molecule has 13 heteroatoms. The number of carbonyl (C=O) groups excluding carboxylic acids is 2. The molecule has 0 saturated heterocycles. The number of carbonyl (C=O) groups is 2. The summed E-state index contributed by atoms with van der Waals surface area (Å²) < 4.78 is 70.4. The van der Waals surface area contributed by atoms with Gasteiger partial charge in [-0.25, -0.2) is 22.3 Å². The van der Waals surface area contributed by atoms with Crippen molar-refractivity contribution in [2.24, 2.45) is 0 Å². The van der Waals surface area contributed by atoms with Crippen molar-refractivity contribution >= 4 is 32.9 Å². The summed E-state index contributed by atoms with van der Waals surface area (Å²) in [7, 11) is -2.21. The quantitative estimate of drug-likeness (QED) is 0.148. The van der Waals surface area contributed by atoms with Crippen molar-refractivity contribution in [3.05, 3.63) is 58.9 Å². The van der Waals surface area contributed by atoms with Gasteiger partial charge in [-0.15, -0.1) is 0 Å². The first kappa shape index (κ1) is 36.5. The molecule has 258 valence electrons. The second-order valence-electron chi connectivity index (χ2n) is 13.0. The van der Waals surface area contributed by atoms with Crippen LogP contribution in [-0.2, 0) is 39.5 Å². The minimum atomic E-state index is -3.73. The average Bonchev–Trinajstić information content (AvgIpc) is 3.77. The monoisotopic (exact) mass is 676 g/mol. The van der Waals surface area contributed by atoms with Gasteiger partial charge in [-0.05, 0) is 101 Å². The van der Waals surface area contributed by atoms with Crippen molar-refractivity contribution in [2.75, 3.05) is 46.6 Å². The number of rotatable bonds is 17. The summed E-state index contributed by atoms with van der Waals surface area (Å²) in [5.74, 6) is -0.996. The lowest BCUT2D eigenvalue weighted by atomic mass is 9.98. The number of furan rings is 1. The lowest BCUT2D eigenvalue weighted by molar-refractivity contribution is -0.181. The first-order valence-electron chi connectivity index (χ1n) is 15.7. The molecule has 1 saturated carbocycles. The molecule has 0 atom stereocenters. The van der Waals surface area contributed by atoms with Gasteiger partial charge in [-0.3, -0.25) is 4.79 Å². The maximum Gasteiger partial charge on any atom is 0.338 e. The number of hydrogen-bond acceptors (Lipinski definition) is 9. The second-order valence-corrected chi connectivity index (χ2v) is 14.8. The highest BCUT2D eigenvalue weighted by molar-refractivity contribution is 7.88. The standard InChI is InChI=1S/C34H45FN2O9S/c1-33(2,3)46-32(39)34(4,5)44-18-17-43-16-15-42-14-13-37-47(40,41)21-24-19-28-27(20-26(24)22-7-8-22)29(31(38)36-6)30(45-28)23-9-11-25(35)12-10-23/h9-12,19-20,22,37H,7-8,13-18,21H2,1-6H3,(H,36,38). The number of amides is 1. The highest BCUT2D eigenvalue weighted by Gasteiger charge is 2.34. The highest BCUT2D eigenvalue weighted by atomic mass is 32.2. The van der Waals surface area contributed by atoms with E-state index in [0.29, 0.717) is 27.7 Å². The SMILES string of the molecule is CNC(=O)c1c(-c2ccc(F)cc2)oc2cc(CS(=O)(=O)NCCOCCOCCOC(C)(C)C(=O)OC(C)(C)C)c(C3CC3)cc12. The summed E-state index contributed by atoms with van der Waals surface area (Å²) in [6.45, 7) is 9.85. The van der Waals surface area contributed by atoms with Crippen LogP contribution >= 0.6 is 0 Å². The Morgan fingerprint density at radius 2 is 1.60 bits per heavy atom. The van der Waals surface area contributed by atoms with E-state index in [9.17, 15) is 22.4 Å². The van der Waals surface area contributed by atoms with Gasteiger partial charge in [0.1, 0.15) is 22.8 Å². The lowest BCUT2D eigenvalue weighted by Crippen LogP contribution is -2.41. The molecule has 1 aliphatic rings. The smallest absolute Gasteiger partial charge is 0.338 e. The van der Waals surface area contributed by atoms with E-state index in [1.165, 1.54) is 31.3 Å². The molecular weight excluding hydrogens is 631 g/mol. The molecule has 1 aliphatic carbocycles. The Bertz CT molecular complexity index is 1660. The zero-order valence-electron chi connectivity index (χ0n) is 27.9. The minimum Gasteiger partial charge on any atom is -0.458 e. The topological polar surface area (TPSA) is 142 Å². The van der Waals surface area contributed by atoms with Crippen LogP contribution in [0, 0.1) is 5.82 Å². The first-order chi connectivity index (χ1) is 22.1. The van der Waals surface area contributed by atoms with Gasteiger partial charge in [0.2, 0.25) is 10.0 Å². The van der Waals surface area contributed by atoms with Gasteiger partial charge in [0.05, 0.1) is 44.4 Å². The van der Waals surface area contributed by atoms with Gasteiger partial charge in [0, 0.05) is 24.5 Å². The van der Waals surface area contributed by atoms with E-state index < -0.39 is 33.0 Å². The molecule has 1 fully saturated rings. The van der Waals surface area contributed by atoms with Crippen LogP contribution in [0.1, 0.15) is 74.9 Å². The number of halogens is 1. The van der Waals surface area contributed by atoms with Crippen LogP contribution in [0.2, 0.25) is 0 Å². The zero-order chi connectivity index (χ0) is 34.4. The molecule has 2 aromatic carbocycles.